The predicted octanol–water partition coefficient (Wildman–Crippen LogP) is 0.834. The molecule has 2 fully saturated rings. The van der Waals surface area contributed by atoms with Crippen molar-refractivity contribution in [1.29, 1.82) is 0 Å². The summed E-state index contributed by atoms with van der Waals surface area (Å²) < 4.78 is 0. The van der Waals surface area contributed by atoms with Crippen LogP contribution >= 0.6 is 0 Å². The van der Waals surface area contributed by atoms with Crippen LogP contribution in [0.3, 0.4) is 0 Å². The number of carbonyl (C=O) groups excluding carboxylic acids is 1. The lowest BCUT2D eigenvalue weighted by atomic mass is 9.80. The van der Waals surface area contributed by atoms with Gasteiger partial charge in [-0.25, -0.2) is 0 Å². The zero-order chi connectivity index (χ0) is 12.8. The van der Waals surface area contributed by atoms with Crippen molar-refractivity contribution < 1.29 is 4.79 Å². The van der Waals surface area contributed by atoms with Gasteiger partial charge in [0.2, 0.25) is 5.91 Å². The minimum Gasteiger partial charge on any atom is -0.355 e. The molecular weight excluding hydrogens is 226 g/mol. The molecule has 0 aliphatic carbocycles. The van der Waals surface area contributed by atoms with Crippen LogP contribution in [0.4, 0.5) is 0 Å². The molecular formula is C14H27N3O. The molecule has 0 aromatic rings. The summed E-state index contributed by atoms with van der Waals surface area (Å²) in [5.74, 6) is 1.90. The van der Waals surface area contributed by atoms with Crippen LogP contribution in [-0.2, 0) is 4.79 Å². The lowest BCUT2D eigenvalue weighted by Crippen LogP contribution is -2.44. The summed E-state index contributed by atoms with van der Waals surface area (Å²) in [6.07, 6.45) is 5.43. The fraction of sp³-hybridized carbons (Fsp3) is 0.929. The van der Waals surface area contributed by atoms with E-state index in [4.69, 9.17) is 0 Å². The molecule has 1 atom stereocenters. The van der Waals surface area contributed by atoms with Crippen molar-refractivity contribution in [2.24, 2.45) is 11.8 Å². The fourth-order valence-electron chi connectivity index (χ4n) is 3.38. The molecule has 104 valence electrons. The summed E-state index contributed by atoms with van der Waals surface area (Å²) >= 11 is 0. The standard InChI is InChI=1S/C14H27N3O/c1-12(18)16-8-10-17-9-2-3-14(11-17)13-4-6-15-7-5-13/h13-15H,2-11H2,1H3,(H,16,18). The molecule has 0 radical (unpaired) electrons. The Hall–Kier alpha value is -0.610. The third kappa shape index (κ3) is 4.25. The van der Waals surface area contributed by atoms with Gasteiger partial charge in [0.05, 0.1) is 0 Å². The van der Waals surface area contributed by atoms with E-state index in [1.54, 1.807) is 6.92 Å². The molecule has 0 bridgehead atoms. The van der Waals surface area contributed by atoms with E-state index in [-0.39, 0.29) is 5.91 Å². The van der Waals surface area contributed by atoms with Gasteiger partial charge in [-0.1, -0.05) is 0 Å². The second kappa shape index (κ2) is 7.10. The van der Waals surface area contributed by atoms with Gasteiger partial charge in [-0.3, -0.25) is 4.79 Å². The minimum atomic E-state index is 0.0851. The average molecular weight is 253 g/mol. The lowest BCUT2D eigenvalue weighted by Gasteiger charge is -2.38. The van der Waals surface area contributed by atoms with Crippen molar-refractivity contribution in [3.05, 3.63) is 0 Å². The summed E-state index contributed by atoms with van der Waals surface area (Å²) in [6.45, 7) is 8.26. The third-order valence-corrected chi connectivity index (χ3v) is 4.39. The molecule has 2 saturated heterocycles. The van der Waals surface area contributed by atoms with Crippen LogP contribution in [0.2, 0.25) is 0 Å². The van der Waals surface area contributed by atoms with E-state index in [1.807, 2.05) is 0 Å². The summed E-state index contributed by atoms with van der Waals surface area (Å²) in [5.41, 5.74) is 0. The van der Waals surface area contributed by atoms with E-state index in [1.165, 1.54) is 51.9 Å². The van der Waals surface area contributed by atoms with E-state index in [0.717, 1.165) is 24.9 Å². The SMILES string of the molecule is CC(=O)NCCN1CCCC(C2CCNCC2)C1. The van der Waals surface area contributed by atoms with Crippen molar-refractivity contribution in [2.75, 3.05) is 39.3 Å². The minimum absolute atomic E-state index is 0.0851. The zero-order valence-corrected chi connectivity index (χ0v) is 11.6. The quantitative estimate of drug-likeness (QED) is 0.780. The Balaban J connectivity index is 1.71. The monoisotopic (exact) mass is 253 g/mol. The van der Waals surface area contributed by atoms with E-state index < -0.39 is 0 Å². The summed E-state index contributed by atoms with van der Waals surface area (Å²) in [4.78, 5) is 13.4. The molecule has 2 N–H and O–H groups in total. The van der Waals surface area contributed by atoms with Crippen molar-refractivity contribution in [2.45, 2.75) is 32.6 Å². The lowest BCUT2D eigenvalue weighted by molar-refractivity contribution is -0.119. The number of hydrogen-bond acceptors (Lipinski definition) is 3. The highest BCUT2D eigenvalue weighted by atomic mass is 16.1. The second-order valence-electron chi connectivity index (χ2n) is 5.77. The molecule has 1 unspecified atom stereocenters. The number of piperidine rings is 2. The Kier molecular flexibility index (Phi) is 5.45. The number of carbonyl (C=O) groups is 1. The number of nitrogens with one attached hydrogen (secondary N) is 2. The summed E-state index contributed by atoms with van der Waals surface area (Å²) in [6, 6.07) is 0. The van der Waals surface area contributed by atoms with Crippen LogP contribution in [0.25, 0.3) is 0 Å². The van der Waals surface area contributed by atoms with Gasteiger partial charge in [0, 0.05) is 26.6 Å². The normalized spacial score (nSPS) is 27.1. The van der Waals surface area contributed by atoms with Gasteiger partial charge in [-0.15, -0.1) is 0 Å². The first kappa shape index (κ1) is 13.8. The highest BCUT2D eigenvalue weighted by molar-refractivity contribution is 5.72. The van der Waals surface area contributed by atoms with Crippen molar-refractivity contribution >= 4 is 5.91 Å². The number of nitrogens with zero attached hydrogens (tertiary/aromatic N) is 1. The van der Waals surface area contributed by atoms with Crippen LogP contribution < -0.4 is 10.6 Å². The molecule has 0 aromatic heterocycles. The molecule has 2 heterocycles. The van der Waals surface area contributed by atoms with E-state index in [0.29, 0.717) is 0 Å². The van der Waals surface area contributed by atoms with Crippen molar-refractivity contribution in [3.63, 3.8) is 0 Å². The molecule has 0 saturated carbocycles. The zero-order valence-electron chi connectivity index (χ0n) is 11.6. The van der Waals surface area contributed by atoms with E-state index in [2.05, 4.69) is 15.5 Å². The maximum absolute atomic E-state index is 10.9. The highest BCUT2D eigenvalue weighted by Gasteiger charge is 2.27. The van der Waals surface area contributed by atoms with Crippen LogP contribution in [0.15, 0.2) is 0 Å². The van der Waals surface area contributed by atoms with Gasteiger partial charge in [-0.05, 0) is 57.2 Å². The van der Waals surface area contributed by atoms with Crippen molar-refractivity contribution in [1.82, 2.24) is 15.5 Å². The fourth-order valence-corrected chi connectivity index (χ4v) is 3.38. The number of likely N-dealkylation sites (tertiary alicyclic amines) is 1. The number of hydrogen-bond donors (Lipinski definition) is 2. The Morgan fingerprint density at radius 1 is 1.28 bits per heavy atom. The molecule has 0 spiro atoms. The van der Waals surface area contributed by atoms with Crippen LogP contribution in [-0.4, -0.2) is 50.1 Å². The van der Waals surface area contributed by atoms with Gasteiger partial charge in [-0.2, -0.15) is 0 Å². The van der Waals surface area contributed by atoms with E-state index in [9.17, 15) is 4.79 Å². The van der Waals surface area contributed by atoms with Crippen molar-refractivity contribution in [3.8, 4) is 0 Å². The van der Waals surface area contributed by atoms with Gasteiger partial charge in [0.15, 0.2) is 0 Å². The van der Waals surface area contributed by atoms with Crippen LogP contribution in [0.1, 0.15) is 32.6 Å². The third-order valence-electron chi connectivity index (χ3n) is 4.39. The van der Waals surface area contributed by atoms with Crippen LogP contribution in [0, 0.1) is 11.8 Å². The van der Waals surface area contributed by atoms with Gasteiger partial charge in [0.1, 0.15) is 0 Å². The molecule has 4 nitrogen and oxygen atoms in total. The van der Waals surface area contributed by atoms with E-state index >= 15 is 0 Å². The Bertz CT molecular complexity index is 264. The topological polar surface area (TPSA) is 44.4 Å². The molecule has 2 aliphatic rings. The Morgan fingerprint density at radius 3 is 2.78 bits per heavy atom. The first-order valence-corrected chi connectivity index (χ1v) is 7.43. The smallest absolute Gasteiger partial charge is 0.216 e. The number of rotatable bonds is 4. The first-order valence-electron chi connectivity index (χ1n) is 7.43. The predicted molar refractivity (Wildman–Crippen MR) is 73.4 cm³/mol. The Morgan fingerprint density at radius 2 is 2.06 bits per heavy atom. The van der Waals surface area contributed by atoms with Gasteiger partial charge >= 0.3 is 0 Å². The molecule has 4 heteroatoms. The maximum atomic E-state index is 10.9. The second-order valence-corrected chi connectivity index (χ2v) is 5.77. The first-order chi connectivity index (χ1) is 8.75. The Labute approximate surface area is 110 Å². The number of amides is 1. The molecule has 0 aromatic carbocycles. The molecule has 18 heavy (non-hydrogen) atoms. The summed E-state index contributed by atoms with van der Waals surface area (Å²) in [7, 11) is 0. The largest absolute Gasteiger partial charge is 0.355 e. The highest BCUT2D eigenvalue weighted by Crippen LogP contribution is 2.29. The van der Waals surface area contributed by atoms with Gasteiger partial charge < -0.3 is 15.5 Å². The van der Waals surface area contributed by atoms with Gasteiger partial charge in [0.25, 0.3) is 0 Å². The van der Waals surface area contributed by atoms with Crippen LogP contribution in [0.5, 0.6) is 0 Å². The average Bonchev–Trinajstić information content (AvgIpc) is 2.40. The molecule has 2 rings (SSSR count). The maximum Gasteiger partial charge on any atom is 0.216 e. The molecule has 1 amide bonds. The summed E-state index contributed by atoms with van der Waals surface area (Å²) in [5, 5.41) is 6.35. The molecule has 2 aliphatic heterocycles.